The summed E-state index contributed by atoms with van der Waals surface area (Å²) in [4.78, 5) is 33.6. The molecule has 0 radical (unpaired) electrons. The number of piperidine rings is 2. The Morgan fingerprint density at radius 1 is 0.485 bits per heavy atom. The van der Waals surface area contributed by atoms with Crippen LogP contribution in [0.25, 0.3) is 0 Å². The number of hydrogen-bond acceptors (Lipinski definition) is 8. The van der Waals surface area contributed by atoms with Gasteiger partial charge in [-0.2, -0.15) is 0 Å². The predicted molar refractivity (Wildman–Crippen MR) is 253 cm³/mol. The van der Waals surface area contributed by atoms with Crippen LogP contribution >= 0.6 is 0 Å². The number of carbonyl (C=O) groups excluding carboxylic acids is 2. The third-order valence-electron chi connectivity index (χ3n) is 19.8. The summed E-state index contributed by atoms with van der Waals surface area (Å²) in [6, 6.07) is 18.7. The summed E-state index contributed by atoms with van der Waals surface area (Å²) in [5.74, 6) is 2.87. The van der Waals surface area contributed by atoms with Crippen molar-refractivity contribution >= 4 is 11.8 Å². The van der Waals surface area contributed by atoms with Crippen LogP contribution in [-0.2, 0) is 19.1 Å². The number of para-hydroxylation sites is 2. The minimum atomic E-state index is -1.51. The Bertz CT molecular complexity index is 2060. The highest BCUT2D eigenvalue weighted by Gasteiger charge is 2.60. The molecule has 2 amide bonds. The zero-order chi connectivity index (χ0) is 45.9. The Kier molecular flexibility index (Phi) is 10.9. The molecule has 0 unspecified atom stereocenters. The molecule has 0 aromatic heterocycles. The summed E-state index contributed by atoms with van der Waals surface area (Å²) in [7, 11) is 0. The number of benzene rings is 2. The minimum Gasteiger partial charge on any atom is -0.490 e. The van der Waals surface area contributed by atoms with Crippen molar-refractivity contribution < 1.29 is 37.3 Å². The van der Waals surface area contributed by atoms with Crippen LogP contribution < -0.4 is 9.47 Å². The second-order valence-electron chi connectivity index (χ2n) is 25.0. The number of hydrogen-bond donors (Lipinski definition) is 0. The number of likely N-dealkylation sites (tertiary alicyclic amines) is 4. The highest BCUT2D eigenvalue weighted by atomic mass is 19.1. The average molecular weight is 937 g/mol. The van der Waals surface area contributed by atoms with E-state index in [1.165, 1.54) is 75.3 Å². The zero-order valence-electron chi connectivity index (χ0n) is 40.3. The van der Waals surface area contributed by atoms with Gasteiger partial charge >= 0.3 is 0 Å². The van der Waals surface area contributed by atoms with Crippen LogP contribution in [-0.4, -0.2) is 146 Å². The Hall–Kier alpha value is -3.32. The first-order chi connectivity index (χ1) is 32.9. The fourth-order valence-corrected chi connectivity index (χ4v) is 15.2. The van der Waals surface area contributed by atoms with E-state index in [9.17, 15) is 18.4 Å². The standard InChI is InChI=1S/2C28H37FN2O3/c2*29-28(9-10-28)25(32)31-16-26(17-31)8-5-21(13-26)30-11-6-20(7-12-30)23-3-1-2-4-24(23)34-22-14-27(15-22)18-33-19-27/h2*1-4,20-22H,5-19H2/t2*21-/m10/s1. The summed E-state index contributed by atoms with van der Waals surface area (Å²) >= 11 is 0. The Balaban J connectivity index is 0.000000134. The minimum absolute atomic E-state index is 0.235. The van der Waals surface area contributed by atoms with E-state index < -0.39 is 11.3 Å². The molecule has 0 bridgehead atoms. The molecule has 2 aromatic carbocycles. The van der Waals surface area contributed by atoms with E-state index in [4.69, 9.17) is 18.9 Å². The van der Waals surface area contributed by atoms with Crippen molar-refractivity contribution in [3.63, 3.8) is 0 Å². The van der Waals surface area contributed by atoms with Gasteiger partial charge in [0.1, 0.15) is 23.7 Å². The summed E-state index contributed by atoms with van der Waals surface area (Å²) in [5.41, 5.74) is 1.15. The third kappa shape index (κ3) is 8.19. The second kappa shape index (κ2) is 16.6. The smallest absolute Gasteiger partial charge is 0.260 e. The van der Waals surface area contributed by atoms with Gasteiger partial charge in [-0.25, -0.2) is 8.78 Å². The van der Waals surface area contributed by atoms with Crippen molar-refractivity contribution in [3.05, 3.63) is 59.7 Å². The second-order valence-corrected chi connectivity index (χ2v) is 25.0. The first-order valence-corrected chi connectivity index (χ1v) is 27.0. The lowest BCUT2D eigenvalue weighted by Crippen LogP contribution is -2.60. The molecule has 6 saturated carbocycles. The van der Waals surface area contributed by atoms with Gasteiger partial charge in [0.2, 0.25) is 0 Å². The van der Waals surface area contributed by atoms with Crippen LogP contribution in [0.15, 0.2) is 48.5 Å². The van der Waals surface area contributed by atoms with Crippen LogP contribution in [0.1, 0.15) is 139 Å². The number of ether oxygens (including phenoxy) is 4. The quantitative estimate of drug-likeness (QED) is 0.235. The first kappa shape index (κ1) is 44.6. The highest BCUT2D eigenvalue weighted by Crippen LogP contribution is 2.54. The molecular formula is C56H74F2N4O6. The van der Waals surface area contributed by atoms with E-state index in [1.807, 2.05) is 0 Å². The topological polar surface area (TPSA) is 84.0 Å². The van der Waals surface area contributed by atoms with Gasteiger partial charge in [-0.3, -0.25) is 9.59 Å². The molecule has 6 saturated heterocycles. The third-order valence-corrected chi connectivity index (χ3v) is 19.8. The van der Waals surface area contributed by atoms with Gasteiger partial charge in [-0.05, 0) is 177 Å². The zero-order valence-corrected chi connectivity index (χ0v) is 40.3. The van der Waals surface area contributed by atoms with Gasteiger partial charge in [0.15, 0.2) is 11.3 Å². The summed E-state index contributed by atoms with van der Waals surface area (Å²) in [5, 5.41) is 0. The molecule has 0 N–H and O–H groups in total. The van der Waals surface area contributed by atoms with E-state index in [2.05, 4.69) is 58.3 Å². The predicted octanol–water partition coefficient (Wildman–Crippen LogP) is 8.61. The van der Waals surface area contributed by atoms with Crippen molar-refractivity contribution in [3.8, 4) is 11.5 Å². The maximum atomic E-state index is 14.1. The van der Waals surface area contributed by atoms with Crippen molar-refractivity contribution in [2.45, 2.75) is 163 Å². The number of nitrogens with zero attached hydrogens (tertiary/aromatic N) is 4. The summed E-state index contributed by atoms with van der Waals surface area (Å²) in [6.45, 7) is 11.3. The highest BCUT2D eigenvalue weighted by molar-refractivity contribution is 5.89. The van der Waals surface area contributed by atoms with Crippen molar-refractivity contribution in [2.75, 3.05) is 78.8 Å². The number of amides is 2. The van der Waals surface area contributed by atoms with E-state index in [1.54, 1.807) is 9.80 Å². The van der Waals surface area contributed by atoms with E-state index in [0.717, 1.165) is 116 Å². The maximum Gasteiger partial charge on any atom is 0.260 e. The van der Waals surface area contributed by atoms with Gasteiger partial charge < -0.3 is 38.5 Å². The van der Waals surface area contributed by atoms with Gasteiger partial charge in [0.05, 0.1) is 26.4 Å². The van der Waals surface area contributed by atoms with Gasteiger partial charge in [0.25, 0.3) is 11.8 Å². The molecule has 368 valence electrons. The Labute approximate surface area is 402 Å². The maximum absolute atomic E-state index is 14.1. The molecule has 4 spiro atoms. The fraction of sp³-hybridized carbons (Fsp3) is 0.750. The molecule has 10 nitrogen and oxygen atoms in total. The van der Waals surface area contributed by atoms with Crippen LogP contribution in [0.3, 0.4) is 0 Å². The lowest BCUT2D eigenvalue weighted by Gasteiger charge is -2.52. The lowest BCUT2D eigenvalue weighted by atomic mass is 9.65. The number of alkyl halides is 2. The van der Waals surface area contributed by atoms with Gasteiger partial charge in [-0.15, -0.1) is 0 Å². The molecule has 12 heteroatoms. The monoisotopic (exact) mass is 937 g/mol. The van der Waals surface area contributed by atoms with Crippen molar-refractivity contribution in [2.24, 2.45) is 21.7 Å². The average Bonchev–Trinajstić information content (AvgIpc) is 4.10. The fourth-order valence-electron chi connectivity index (χ4n) is 15.2. The molecule has 2 aromatic rings. The molecule has 68 heavy (non-hydrogen) atoms. The van der Waals surface area contributed by atoms with Crippen LogP contribution in [0.5, 0.6) is 11.5 Å². The molecular weight excluding hydrogens is 863 g/mol. The Morgan fingerprint density at radius 3 is 1.19 bits per heavy atom. The van der Waals surface area contributed by atoms with Gasteiger partial charge in [-0.1, -0.05) is 36.4 Å². The Morgan fingerprint density at radius 2 is 0.853 bits per heavy atom. The lowest BCUT2D eigenvalue weighted by molar-refractivity contribution is -0.191. The summed E-state index contributed by atoms with van der Waals surface area (Å²) in [6.07, 6.45) is 18.9. The first-order valence-electron chi connectivity index (χ1n) is 27.0. The van der Waals surface area contributed by atoms with Crippen LogP contribution in [0.4, 0.5) is 8.78 Å². The molecule has 12 aliphatic rings. The molecule has 12 fully saturated rings. The normalized spacial score (nSPS) is 32.5. The van der Waals surface area contributed by atoms with E-state index >= 15 is 0 Å². The van der Waals surface area contributed by atoms with Crippen LogP contribution in [0, 0.1) is 21.7 Å². The van der Waals surface area contributed by atoms with Gasteiger partial charge in [0, 0.05) is 59.9 Å². The molecule has 2 atom stereocenters. The summed E-state index contributed by atoms with van der Waals surface area (Å²) < 4.78 is 52.1. The molecule has 14 rings (SSSR count). The van der Waals surface area contributed by atoms with E-state index in [-0.39, 0.29) is 22.6 Å². The molecule has 6 heterocycles. The van der Waals surface area contributed by atoms with Crippen LogP contribution in [0.2, 0.25) is 0 Å². The number of carbonyl (C=O) groups is 2. The van der Waals surface area contributed by atoms with Crippen molar-refractivity contribution in [1.29, 1.82) is 0 Å². The van der Waals surface area contributed by atoms with Crippen molar-refractivity contribution in [1.82, 2.24) is 19.6 Å². The largest absolute Gasteiger partial charge is 0.490 e. The van der Waals surface area contributed by atoms with E-state index in [0.29, 0.717) is 72.6 Å². The SMILES string of the molecule is O=C(N1CC2(CC[C@@H](N3CCC(c4ccccc4OC4CC5(COC5)C4)CC3)C2)C1)C1(F)CC1.O=C(N1CC2(CC[C@H](N3CCC(c4ccccc4OC4CC5(COC5)C4)CC3)C2)C1)C1(F)CC1. The molecule has 6 aliphatic carbocycles. The molecule has 6 aliphatic heterocycles. The number of rotatable bonds is 10. The number of halogens is 2.